The van der Waals surface area contributed by atoms with Crippen LogP contribution in [0.25, 0.3) is 0 Å². The number of rotatable bonds is 4. The van der Waals surface area contributed by atoms with Crippen LogP contribution in [-0.2, 0) is 9.59 Å². The van der Waals surface area contributed by atoms with Crippen LogP contribution >= 0.6 is 0 Å². The molecule has 2 amide bonds. The first-order chi connectivity index (χ1) is 10.1. The molecule has 1 aliphatic heterocycles. The van der Waals surface area contributed by atoms with Gasteiger partial charge in [0, 0.05) is 13.1 Å². The molecule has 5 nitrogen and oxygen atoms in total. The molecule has 1 aromatic carbocycles. The Bertz CT molecular complexity index is 497. The van der Waals surface area contributed by atoms with Crippen molar-refractivity contribution in [1.82, 2.24) is 10.2 Å². The van der Waals surface area contributed by atoms with Crippen LogP contribution in [0.4, 0.5) is 0 Å². The van der Waals surface area contributed by atoms with E-state index in [9.17, 15) is 9.59 Å². The molecule has 1 aliphatic rings. The Labute approximate surface area is 125 Å². The van der Waals surface area contributed by atoms with Gasteiger partial charge in [-0.25, -0.2) is 0 Å². The van der Waals surface area contributed by atoms with E-state index in [4.69, 9.17) is 4.74 Å². The number of carbonyl (C=O) groups excluding carboxylic acids is 2. The van der Waals surface area contributed by atoms with Gasteiger partial charge < -0.3 is 15.0 Å². The van der Waals surface area contributed by atoms with Crippen molar-refractivity contribution >= 4 is 11.8 Å². The van der Waals surface area contributed by atoms with E-state index in [2.05, 4.69) is 19.2 Å². The summed E-state index contributed by atoms with van der Waals surface area (Å²) in [4.78, 5) is 25.0. The Hall–Kier alpha value is -2.04. The molecule has 114 valence electrons. The van der Waals surface area contributed by atoms with Gasteiger partial charge in [0.2, 0.25) is 5.91 Å². The van der Waals surface area contributed by atoms with Crippen molar-refractivity contribution in [3.05, 3.63) is 29.8 Å². The van der Waals surface area contributed by atoms with Crippen molar-refractivity contribution < 1.29 is 14.3 Å². The van der Waals surface area contributed by atoms with E-state index >= 15 is 0 Å². The van der Waals surface area contributed by atoms with Gasteiger partial charge in [-0.15, -0.1) is 0 Å². The van der Waals surface area contributed by atoms with Gasteiger partial charge in [0.15, 0.2) is 6.61 Å². The first-order valence-corrected chi connectivity index (χ1v) is 7.33. The maximum atomic E-state index is 12.1. The molecular formula is C16H22N2O3. The monoisotopic (exact) mass is 290 g/mol. The maximum absolute atomic E-state index is 12.1. The predicted octanol–water partition coefficient (Wildman–Crippen LogP) is 1.54. The molecule has 5 heteroatoms. The minimum atomic E-state index is -0.153. The molecule has 0 radical (unpaired) electrons. The summed E-state index contributed by atoms with van der Waals surface area (Å²) in [7, 11) is 0. The summed E-state index contributed by atoms with van der Waals surface area (Å²) < 4.78 is 5.51. The van der Waals surface area contributed by atoms with Crippen LogP contribution < -0.4 is 10.1 Å². The third-order valence-corrected chi connectivity index (χ3v) is 3.52. The Balaban J connectivity index is 1.86. The number of nitrogens with one attached hydrogen (secondary N) is 1. The van der Waals surface area contributed by atoms with Crippen molar-refractivity contribution in [2.75, 3.05) is 26.2 Å². The second-order valence-electron chi connectivity index (χ2n) is 5.53. The normalized spacial score (nSPS) is 15.6. The summed E-state index contributed by atoms with van der Waals surface area (Å²) in [5, 5.41) is 2.75. The van der Waals surface area contributed by atoms with Crippen LogP contribution in [0.2, 0.25) is 0 Å². The van der Waals surface area contributed by atoms with E-state index < -0.39 is 0 Å². The second kappa shape index (κ2) is 7.11. The third-order valence-electron chi connectivity index (χ3n) is 3.52. The first-order valence-electron chi connectivity index (χ1n) is 7.33. The molecule has 1 aromatic rings. The lowest BCUT2D eigenvalue weighted by Gasteiger charge is -2.19. The van der Waals surface area contributed by atoms with Crippen molar-refractivity contribution in [2.45, 2.75) is 26.2 Å². The summed E-state index contributed by atoms with van der Waals surface area (Å²) in [6.07, 6.45) is 0.778. The molecule has 0 unspecified atom stereocenters. The average molecular weight is 290 g/mol. The lowest BCUT2D eigenvalue weighted by atomic mass is 10.0. The lowest BCUT2D eigenvalue weighted by molar-refractivity contribution is -0.136. The molecule has 21 heavy (non-hydrogen) atoms. The third kappa shape index (κ3) is 4.48. The molecule has 0 saturated carbocycles. The van der Waals surface area contributed by atoms with E-state index in [1.165, 1.54) is 5.56 Å². The van der Waals surface area contributed by atoms with Crippen molar-refractivity contribution in [2.24, 2.45) is 0 Å². The summed E-state index contributed by atoms with van der Waals surface area (Å²) in [5.41, 5.74) is 1.23. The summed E-state index contributed by atoms with van der Waals surface area (Å²) in [5.74, 6) is 0.880. The largest absolute Gasteiger partial charge is 0.484 e. The predicted molar refractivity (Wildman–Crippen MR) is 80.2 cm³/mol. The summed E-state index contributed by atoms with van der Waals surface area (Å²) in [6, 6.07) is 7.75. The number of amides is 2. The van der Waals surface area contributed by atoms with Gasteiger partial charge in [-0.3, -0.25) is 9.59 Å². The van der Waals surface area contributed by atoms with E-state index in [0.717, 1.165) is 6.42 Å². The lowest BCUT2D eigenvalue weighted by Crippen LogP contribution is -2.39. The smallest absolute Gasteiger partial charge is 0.260 e. The zero-order valence-electron chi connectivity index (χ0n) is 12.6. The highest BCUT2D eigenvalue weighted by Gasteiger charge is 2.19. The van der Waals surface area contributed by atoms with Crippen LogP contribution in [0.3, 0.4) is 0 Å². The molecule has 0 spiro atoms. The molecule has 0 atom stereocenters. The number of hydrogen-bond acceptors (Lipinski definition) is 3. The molecule has 2 rings (SSSR count). The molecular weight excluding hydrogens is 268 g/mol. The van der Waals surface area contributed by atoms with E-state index in [1.54, 1.807) is 4.90 Å². The highest BCUT2D eigenvalue weighted by atomic mass is 16.5. The van der Waals surface area contributed by atoms with Crippen LogP contribution in [0.1, 0.15) is 31.7 Å². The fraction of sp³-hybridized carbons (Fsp3) is 0.500. The van der Waals surface area contributed by atoms with Crippen LogP contribution in [0.15, 0.2) is 24.3 Å². The van der Waals surface area contributed by atoms with E-state index in [1.807, 2.05) is 24.3 Å². The number of nitrogens with zero attached hydrogens (tertiary/aromatic N) is 1. The fourth-order valence-corrected chi connectivity index (χ4v) is 2.20. The fourth-order valence-electron chi connectivity index (χ4n) is 2.20. The van der Waals surface area contributed by atoms with Crippen molar-refractivity contribution in [1.29, 1.82) is 0 Å². The Morgan fingerprint density at radius 1 is 1.33 bits per heavy atom. The number of ether oxygens (including phenoxy) is 1. The average Bonchev–Trinajstić information content (AvgIpc) is 2.70. The van der Waals surface area contributed by atoms with E-state index in [0.29, 0.717) is 24.8 Å². The molecule has 1 N–H and O–H groups in total. The molecule has 1 fully saturated rings. The molecule has 1 heterocycles. The Morgan fingerprint density at radius 2 is 2.05 bits per heavy atom. The minimum absolute atomic E-state index is 0.0334. The Kier molecular flexibility index (Phi) is 5.20. The van der Waals surface area contributed by atoms with Gasteiger partial charge in [0.25, 0.3) is 5.91 Å². The first kappa shape index (κ1) is 15.4. The maximum Gasteiger partial charge on any atom is 0.260 e. The van der Waals surface area contributed by atoms with Crippen molar-refractivity contribution in [3.63, 3.8) is 0 Å². The van der Waals surface area contributed by atoms with Gasteiger partial charge in [-0.05, 0) is 30.0 Å². The molecule has 0 aromatic heterocycles. The van der Waals surface area contributed by atoms with Gasteiger partial charge >= 0.3 is 0 Å². The van der Waals surface area contributed by atoms with Crippen molar-refractivity contribution in [3.8, 4) is 5.75 Å². The highest BCUT2D eigenvalue weighted by Crippen LogP contribution is 2.18. The number of hydrogen-bond donors (Lipinski definition) is 1. The standard InChI is InChI=1S/C16H22N2O3/c1-12(2)13-4-6-14(7-5-13)21-11-16(20)18-9-3-8-17-15(19)10-18/h4-7,12H,3,8-11H2,1-2H3,(H,17,19). The van der Waals surface area contributed by atoms with Gasteiger partial charge in [-0.2, -0.15) is 0 Å². The number of benzene rings is 1. The minimum Gasteiger partial charge on any atom is -0.484 e. The molecule has 0 bridgehead atoms. The van der Waals surface area contributed by atoms with Gasteiger partial charge in [0.05, 0.1) is 6.54 Å². The number of carbonyl (C=O) groups is 2. The second-order valence-corrected chi connectivity index (χ2v) is 5.53. The van der Waals surface area contributed by atoms with Gasteiger partial charge in [-0.1, -0.05) is 26.0 Å². The van der Waals surface area contributed by atoms with E-state index in [-0.39, 0.29) is 25.0 Å². The summed E-state index contributed by atoms with van der Waals surface area (Å²) in [6.45, 7) is 5.56. The zero-order chi connectivity index (χ0) is 15.2. The summed E-state index contributed by atoms with van der Waals surface area (Å²) >= 11 is 0. The van der Waals surface area contributed by atoms with Crippen LogP contribution in [0, 0.1) is 0 Å². The quantitative estimate of drug-likeness (QED) is 0.915. The highest BCUT2D eigenvalue weighted by molar-refractivity contribution is 5.85. The Morgan fingerprint density at radius 3 is 2.71 bits per heavy atom. The zero-order valence-corrected chi connectivity index (χ0v) is 12.6. The van der Waals surface area contributed by atoms with Crippen LogP contribution in [0.5, 0.6) is 5.75 Å². The topological polar surface area (TPSA) is 58.6 Å². The molecule has 0 aliphatic carbocycles. The van der Waals surface area contributed by atoms with Gasteiger partial charge in [0.1, 0.15) is 5.75 Å². The SMILES string of the molecule is CC(C)c1ccc(OCC(=O)N2CCCNC(=O)C2)cc1. The van der Waals surface area contributed by atoms with Crippen LogP contribution in [-0.4, -0.2) is 43.0 Å². The molecule has 1 saturated heterocycles.